The molecule has 0 aromatic heterocycles. The number of benzene rings is 1. The van der Waals surface area contributed by atoms with E-state index in [1.807, 2.05) is 0 Å². The highest BCUT2D eigenvalue weighted by Crippen LogP contribution is 2.21. The minimum atomic E-state index is -1.34. The number of nitrogens with one attached hydrogen (secondary N) is 1. The Morgan fingerprint density at radius 3 is 2.62 bits per heavy atom. The average molecular weight is 297 g/mol. The molecule has 6 nitrogen and oxygen atoms in total. The van der Waals surface area contributed by atoms with Crippen LogP contribution in [0.2, 0.25) is 0 Å². The summed E-state index contributed by atoms with van der Waals surface area (Å²) in [6, 6.07) is 5.69. The lowest BCUT2D eigenvalue weighted by Crippen LogP contribution is -2.58. The van der Waals surface area contributed by atoms with Crippen LogP contribution in [0.3, 0.4) is 0 Å². The highest BCUT2D eigenvalue weighted by atomic mass is 19.1. The van der Waals surface area contributed by atoms with Crippen molar-refractivity contribution in [2.75, 3.05) is 19.8 Å². The van der Waals surface area contributed by atoms with E-state index in [1.54, 1.807) is 6.07 Å². The number of hydrogen-bond acceptors (Lipinski definition) is 4. The van der Waals surface area contributed by atoms with Crippen LogP contribution in [0.4, 0.5) is 4.39 Å². The molecule has 1 aromatic carbocycles. The van der Waals surface area contributed by atoms with Gasteiger partial charge in [-0.3, -0.25) is 4.79 Å². The molecule has 1 fully saturated rings. The summed E-state index contributed by atoms with van der Waals surface area (Å²) in [7, 11) is 0. The Morgan fingerprint density at radius 1 is 1.33 bits per heavy atom. The zero-order valence-electron chi connectivity index (χ0n) is 11.3. The zero-order chi connectivity index (χ0) is 15.3. The third-order valence-electron chi connectivity index (χ3n) is 3.33. The molecule has 1 heterocycles. The van der Waals surface area contributed by atoms with E-state index in [0.29, 0.717) is 0 Å². The van der Waals surface area contributed by atoms with Crippen LogP contribution in [-0.2, 0) is 14.3 Å². The zero-order valence-corrected chi connectivity index (χ0v) is 11.3. The third kappa shape index (κ3) is 3.69. The van der Waals surface area contributed by atoms with E-state index >= 15 is 0 Å². The molecule has 1 aliphatic rings. The number of halogens is 1. The van der Waals surface area contributed by atoms with Crippen molar-refractivity contribution in [1.82, 2.24) is 5.32 Å². The summed E-state index contributed by atoms with van der Waals surface area (Å²) in [5.74, 6) is -2.35. The van der Waals surface area contributed by atoms with E-state index in [4.69, 9.17) is 9.47 Å². The van der Waals surface area contributed by atoms with Gasteiger partial charge in [-0.2, -0.15) is 0 Å². The second-order valence-electron chi connectivity index (χ2n) is 4.77. The maximum atomic E-state index is 13.3. The number of rotatable bonds is 5. The van der Waals surface area contributed by atoms with E-state index in [2.05, 4.69) is 5.32 Å². The van der Waals surface area contributed by atoms with Crippen LogP contribution < -0.4 is 10.1 Å². The number of amides is 1. The molecule has 2 N–H and O–H groups in total. The summed E-state index contributed by atoms with van der Waals surface area (Å²) in [6.07, 6.45) is 0.377. The fourth-order valence-corrected chi connectivity index (χ4v) is 2.12. The van der Waals surface area contributed by atoms with Crippen LogP contribution in [0, 0.1) is 5.82 Å². The van der Waals surface area contributed by atoms with Crippen LogP contribution in [-0.4, -0.2) is 42.3 Å². The summed E-state index contributed by atoms with van der Waals surface area (Å²) in [4.78, 5) is 23.2. The number of hydrogen-bond donors (Lipinski definition) is 2. The number of aliphatic carboxylic acids is 1. The lowest BCUT2D eigenvalue weighted by Gasteiger charge is -2.33. The van der Waals surface area contributed by atoms with Gasteiger partial charge in [-0.25, -0.2) is 9.18 Å². The molecular weight excluding hydrogens is 281 g/mol. The second-order valence-corrected chi connectivity index (χ2v) is 4.77. The number of carboxylic acids is 1. The van der Waals surface area contributed by atoms with Crippen molar-refractivity contribution in [1.29, 1.82) is 0 Å². The predicted octanol–water partition coefficient (Wildman–Crippen LogP) is 0.954. The Morgan fingerprint density at radius 2 is 2.00 bits per heavy atom. The molecule has 1 amide bonds. The Labute approximate surface area is 120 Å². The number of para-hydroxylation sites is 1. The average Bonchev–Trinajstić information content (AvgIpc) is 2.47. The normalized spacial score (nSPS) is 17.0. The summed E-state index contributed by atoms with van der Waals surface area (Å²) >= 11 is 0. The van der Waals surface area contributed by atoms with Gasteiger partial charge in [0.25, 0.3) is 5.91 Å². The van der Waals surface area contributed by atoms with Crippen molar-refractivity contribution in [2.45, 2.75) is 18.4 Å². The fourth-order valence-electron chi connectivity index (χ4n) is 2.12. The molecule has 0 unspecified atom stereocenters. The molecule has 0 saturated carbocycles. The lowest BCUT2D eigenvalue weighted by atomic mass is 9.90. The highest BCUT2D eigenvalue weighted by molar-refractivity contribution is 5.87. The molecule has 1 aliphatic heterocycles. The fraction of sp³-hybridized carbons (Fsp3) is 0.429. The largest absolute Gasteiger partial charge is 0.481 e. The molecule has 2 rings (SSSR count). The first-order chi connectivity index (χ1) is 10.0. The molecule has 114 valence electrons. The van der Waals surface area contributed by atoms with Crippen LogP contribution in [0.1, 0.15) is 12.8 Å². The van der Waals surface area contributed by atoms with Crippen LogP contribution >= 0.6 is 0 Å². The van der Waals surface area contributed by atoms with Crippen molar-refractivity contribution < 1.29 is 28.6 Å². The maximum absolute atomic E-state index is 13.3. The second kappa shape index (κ2) is 6.53. The Kier molecular flexibility index (Phi) is 4.74. The van der Waals surface area contributed by atoms with Crippen LogP contribution in [0.15, 0.2) is 24.3 Å². The Hall–Kier alpha value is -2.15. The van der Waals surface area contributed by atoms with Gasteiger partial charge in [-0.05, 0) is 12.1 Å². The molecule has 0 spiro atoms. The topological polar surface area (TPSA) is 84.9 Å². The molecule has 1 saturated heterocycles. The van der Waals surface area contributed by atoms with Gasteiger partial charge in [0.1, 0.15) is 5.54 Å². The molecule has 0 aliphatic carbocycles. The quantitative estimate of drug-likeness (QED) is 0.845. The van der Waals surface area contributed by atoms with Crippen molar-refractivity contribution in [3.05, 3.63) is 30.1 Å². The third-order valence-corrected chi connectivity index (χ3v) is 3.33. The predicted molar refractivity (Wildman–Crippen MR) is 70.5 cm³/mol. The summed E-state index contributed by atoms with van der Waals surface area (Å²) in [6.45, 7) is 0.0817. The Balaban J connectivity index is 1.94. The Bertz CT molecular complexity index is 528. The summed E-state index contributed by atoms with van der Waals surface area (Å²) < 4.78 is 23.5. The minimum absolute atomic E-state index is 0.0518. The van der Waals surface area contributed by atoms with E-state index in [-0.39, 0.29) is 31.8 Å². The van der Waals surface area contributed by atoms with E-state index < -0.39 is 29.8 Å². The SMILES string of the molecule is O=C(COc1ccccc1F)NC1(C(=O)O)CCOCC1. The minimum Gasteiger partial charge on any atom is -0.481 e. The molecule has 0 bridgehead atoms. The number of carbonyl (C=O) groups is 2. The van der Waals surface area contributed by atoms with Crippen molar-refractivity contribution in [3.8, 4) is 5.75 Å². The van der Waals surface area contributed by atoms with Gasteiger partial charge in [-0.1, -0.05) is 12.1 Å². The molecular formula is C14H16FNO5. The van der Waals surface area contributed by atoms with Gasteiger partial charge in [-0.15, -0.1) is 0 Å². The van der Waals surface area contributed by atoms with Crippen molar-refractivity contribution >= 4 is 11.9 Å². The van der Waals surface area contributed by atoms with E-state index in [9.17, 15) is 19.1 Å². The number of ether oxygens (including phenoxy) is 2. The van der Waals surface area contributed by atoms with E-state index in [0.717, 1.165) is 0 Å². The van der Waals surface area contributed by atoms with Gasteiger partial charge < -0.3 is 19.9 Å². The highest BCUT2D eigenvalue weighted by Gasteiger charge is 2.41. The molecule has 0 atom stereocenters. The molecule has 21 heavy (non-hydrogen) atoms. The van der Waals surface area contributed by atoms with E-state index in [1.165, 1.54) is 18.2 Å². The first-order valence-electron chi connectivity index (χ1n) is 6.53. The van der Waals surface area contributed by atoms with Crippen molar-refractivity contribution in [2.24, 2.45) is 0 Å². The van der Waals surface area contributed by atoms with Crippen molar-refractivity contribution in [3.63, 3.8) is 0 Å². The monoisotopic (exact) mass is 297 g/mol. The maximum Gasteiger partial charge on any atom is 0.329 e. The first-order valence-corrected chi connectivity index (χ1v) is 6.53. The van der Waals surface area contributed by atoms with Crippen LogP contribution in [0.25, 0.3) is 0 Å². The molecule has 1 aromatic rings. The van der Waals surface area contributed by atoms with Gasteiger partial charge in [0.15, 0.2) is 18.2 Å². The summed E-state index contributed by atoms with van der Waals surface area (Å²) in [5, 5.41) is 11.8. The summed E-state index contributed by atoms with van der Waals surface area (Å²) in [5.41, 5.74) is -1.34. The smallest absolute Gasteiger partial charge is 0.329 e. The molecule has 0 radical (unpaired) electrons. The van der Waals surface area contributed by atoms with Gasteiger partial charge in [0.2, 0.25) is 0 Å². The van der Waals surface area contributed by atoms with Gasteiger partial charge in [0, 0.05) is 26.1 Å². The van der Waals surface area contributed by atoms with Gasteiger partial charge >= 0.3 is 5.97 Å². The van der Waals surface area contributed by atoms with Gasteiger partial charge in [0.05, 0.1) is 0 Å². The van der Waals surface area contributed by atoms with Crippen LogP contribution in [0.5, 0.6) is 5.75 Å². The lowest BCUT2D eigenvalue weighted by molar-refractivity contribution is -0.152. The number of carbonyl (C=O) groups excluding carboxylic acids is 1. The standard InChI is InChI=1S/C14H16FNO5/c15-10-3-1-2-4-11(10)21-9-12(17)16-14(13(18)19)5-7-20-8-6-14/h1-4H,5-9H2,(H,16,17)(H,18,19). The number of carboxylic acid groups (broad SMARTS) is 1. The molecule has 7 heteroatoms. The first kappa shape index (κ1) is 15.2.